The smallest absolute Gasteiger partial charge is 0.432 e. The van der Waals surface area contributed by atoms with Gasteiger partial charge < -0.3 is 10.1 Å². The van der Waals surface area contributed by atoms with Crippen molar-refractivity contribution < 1.29 is 9.90 Å². The van der Waals surface area contributed by atoms with Crippen LogP contribution in [-0.2, 0) is 6.42 Å². The van der Waals surface area contributed by atoms with Crippen LogP contribution in [0.5, 0.6) is 0 Å². The average Bonchev–Trinajstić information content (AvgIpc) is 2.79. The summed E-state index contributed by atoms with van der Waals surface area (Å²) >= 11 is 0. The number of H-pyrrole nitrogens is 1. The summed E-state index contributed by atoms with van der Waals surface area (Å²) in [6, 6.07) is 5.06. The first kappa shape index (κ1) is 11.5. The number of benzene rings is 1. The van der Waals surface area contributed by atoms with E-state index in [1.165, 1.54) is 6.07 Å². The number of rotatable bonds is 1. The van der Waals surface area contributed by atoms with Crippen molar-refractivity contribution in [3.63, 3.8) is 0 Å². The molecule has 19 heavy (non-hydrogen) atoms. The first-order valence-corrected chi connectivity index (χ1v) is 5.88. The largest absolute Gasteiger partial charge is 0.463 e. The van der Waals surface area contributed by atoms with E-state index in [2.05, 4.69) is 10.1 Å². The van der Waals surface area contributed by atoms with E-state index in [1.807, 2.05) is 19.1 Å². The molecule has 2 heterocycles. The molecule has 0 unspecified atom stereocenters. The van der Waals surface area contributed by atoms with E-state index in [0.717, 1.165) is 10.2 Å². The van der Waals surface area contributed by atoms with Crippen molar-refractivity contribution >= 4 is 17.0 Å². The number of carbonyl (C=O) groups is 1. The lowest BCUT2D eigenvalue weighted by Crippen LogP contribution is -2.15. The highest BCUT2D eigenvalue weighted by molar-refractivity contribution is 6.00. The van der Waals surface area contributed by atoms with E-state index in [-0.39, 0.29) is 10.9 Å². The minimum atomic E-state index is -1.25. The highest BCUT2D eigenvalue weighted by Gasteiger charge is 2.21. The van der Waals surface area contributed by atoms with Crippen molar-refractivity contribution in [3.8, 4) is 11.3 Å². The molecule has 0 spiro atoms. The van der Waals surface area contributed by atoms with E-state index in [0.29, 0.717) is 23.2 Å². The van der Waals surface area contributed by atoms with Gasteiger partial charge in [0.2, 0.25) is 5.43 Å². The SMILES string of the molecule is CCc1nn(C(=O)O)c2c(=O)cc3[nH]cccc-3c12. The van der Waals surface area contributed by atoms with Gasteiger partial charge in [-0.1, -0.05) is 13.0 Å². The van der Waals surface area contributed by atoms with Crippen molar-refractivity contribution in [2.75, 3.05) is 0 Å². The fraction of sp³-hybridized carbons (Fsp3) is 0.154. The molecule has 0 saturated heterocycles. The van der Waals surface area contributed by atoms with Gasteiger partial charge in [-0.15, -0.1) is 0 Å². The van der Waals surface area contributed by atoms with Crippen LogP contribution in [0, 0.1) is 0 Å². The predicted octanol–water partition coefficient (Wildman–Crippen LogP) is 1.92. The lowest BCUT2D eigenvalue weighted by Gasteiger charge is -2.06. The Morgan fingerprint density at radius 2 is 2.32 bits per heavy atom. The molecule has 1 aromatic rings. The second-order valence-electron chi connectivity index (χ2n) is 4.22. The molecule has 1 aliphatic heterocycles. The molecule has 0 aromatic carbocycles. The van der Waals surface area contributed by atoms with Crippen molar-refractivity contribution in [1.82, 2.24) is 14.8 Å². The number of fused-ring (bicyclic) bond motifs is 3. The third-order valence-corrected chi connectivity index (χ3v) is 3.14. The summed E-state index contributed by atoms with van der Waals surface area (Å²) in [7, 11) is 0. The Morgan fingerprint density at radius 3 is 3.00 bits per heavy atom. The highest BCUT2D eigenvalue weighted by Crippen LogP contribution is 2.29. The molecule has 0 fully saturated rings. The van der Waals surface area contributed by atoms with Crippen molar-refractivity contribution in [2.24, 2.45) is 0 Å². The number of nitrogens with one attached hydrogen (secondary N) is 1. The van der Waals surface area contributed by atoms with Crippen LogP contribution in [0.15, 0.2) is 29.2 Å². The standard InChI is InChI=1S/C13H11N3O3/c1-2-8-11-7-4-3-5-14-9(7)6-10(17)12(11)16(15-8)13(18)19/h3-6,14H,2H2,1H3,(H,18,19). The van der Waals surface area contributed by atoms with Gasteiger partial charge in [-0.05, 0) is 12.5 Å². The maximum absolute atomic E-state index is 12.1. The predicted molar refractivity (Wildman–Crippen MR) is 69.8 cm³/mol. The molecule has 2 N–H and O–H groups in total. The van der Waals surface area contributed by atoms with Gasteiger partial charge in [0.1, 0.15) is 5.52 Å². The molecular weight excluding hydrogens is 246 g/mol. The number of carboxylic acid groups (broad SMARTS) is 1. The number of aromatic amines is 1. The number of pyridine rings is 1. The Bertz CT molecular complexity index is 816. The van der Waals surface area contributed by atoms with Gasteiger partial charge in [-0.2, -0.15) is 9.78 Å². The van der Waals surface area contributed by atoms with Gasteiger partial charge in [0.05, 0.1) is 11.4 Å². The van der Waals surface area contributed by atoms with Crippen molar-refractivity contribution in [3.05, 3.63) is 40.3 Å². The van der Waals surface area contributed by atoms with Crippen LogP contribution in [0.4, 0.5) is 4.79 Å². The average molecular weight is 257 g/mol. The first-order valence-electron chi connectivity index (χ1n) is 5.88. The zero-order valence-electron chi connectivity index (χ0n) is 10.2. The summed E-state index contributed by atoms with van der Waals surface area (Å²) < 4.78 is 0.767. The summed E-state index contributed by atoms with van der Waals surface area (Å²) in [5.74, 6) is 0. The van der Waals surface area contributed by atoms with Crippen molar-refractivity contribution in [2.45, 2.75) is 13.3 Å². The molecule has 1 aliphatic carbocycles. The van der Waals surface area contributed by atoms with Gasteiger partial charge in [-0.25, -0.2) is 4.79 Å². The van der Waals surface area contributed by atoms with Crippen LogP contribution in [0.25, 0.3) is 22.2 Å². The highest BCUT2D eigenvalue weighted by atomic mass is 16.4. The number of hydrogen-bond acceptors (Lipinski definition) is 3. The number of hydrogen-bond donors (Lipinski definition) is 2. The second-order valence-corrected chi connectivity index (χ2v) is 4.22. The summed E-state index contributed by atoms with van der Waals surface area (Å²) in [6.07, 6.45) is 1.03. The van der Waals surface area contributed by atoms with Crippen LogP contribution in [0.3, 0.4) is 0 Å². The molecule has 1 aromatic heterocycles. The molecule has 0 radical (unpaired) electrons. The quantitative estimate of drug-likeness (QED) is 0.697. The molecule has 0 bridgehead atoms. The summed E-state index contributed by atoms with van der Waals surface area (Å²) in [5, 5.41) is 13.8. The molecule has 3 rings (SSSR count). The number of aromatic nitrogens is 3. The lowest BCUT2D eigenvalue weighted by atomic mass is 10.0. The first-order chi connectivity index (χ1) is 9.13. The van der Waals surface area contributed by atoms with Crippen molar-refractivity contribution in [1.29, 1.82) is 0 Å². The van der Waals surface area contributed by atoms with Crippen LogP contribution in [-0.4, -0.2) is 26.0 Å². The molecular formula is C13H11N3O3. The minimum absolute atomic E-state index is 0.122. The van der Waals surface area contributed by atoms with E-state index < -0.39 is 6.09 Å². The van der Waals surface area contributed by atoms with Gasteiger partial charge in [0.15, 0.2) is 0 Å². The number of aryl methyl sites for hydroxylation is 1. The molecule has 2 aliphatic rings. The minimum Gasteiger partial charge on any atom is -0.463 e. The Hall–Kier alpha value is -2.63. The fourth-order valence-corrected chi connectivity index (χ4v) is 2.35. The monoisotopic (exact) mass is 257 g/mol. The summed E-state index contributed by atoms with van der Waals surface area (Å²) in [5.41, 5.74) is 1.87. The Labute approximate surface area is 107 Å². The van der Waals surface area contributed by atoms with Gasteiger partial charge in [-0.3, -0.25) is 4.79 Å². The third-order valence-electron chi connectivity index (χ3n) is 3.14. The maximum atomic E-state index is 12.1. The topological polar surface area (TPSA) is 88.0 Å². The van der Waals surface area contributed by atoms with E-state index in [1.54, 1.807) is 6.20 Å². The van der Waals surface area contributed by atoms with Crippen LogP contribution in [0.2, 0.25) is 0 Å². The molecule has 6 heteroatoms. The Balaban J connectivity index is 2.60. The molecule has 0 saturated carbocycles. The maximum Gasteiger partial charge on any atom is 0.432 e. The van der Waals surface area contributed by atoms with E-state index >= 15 is 0 Å². The fourth-order valence-electron chi connectivity index (χ4n) is 2.35. The zero-order chi connectivity index (χ0) is 13.6. The Kier molecular flexibility index (Phi) is 2.38. The van der Waals surface area contributed by atoms with E-state index in [4.69, 9.17) is 5.11 Å². The molecule has 0 amide bonds. The zero-order valence-corrected chi connectivity index (χ0v) is 10.2. The second kappa shape index (κ2) is 3.94. The van der Waals surface area contributed by atoms with Crippen LogP contribution in [0.1, 0.15) is 12.6 Å². The normalized spacial score (nSPS) is 11.2. The molecule has 0 atom stereocenters. The van der Waals surface area contributed by atoms with Crippen LogP contribution >= 0.6 is 0 Å². The third kappa shape index (κ3) is 1.53. The van der Waals surface area contributed by atoms with Gasteiger partial charge >= 0.3 is 6.09 Å². The van der Waals surface area contributed by atoms with Gasteiger partial charge in [0, 0.05) is 23.2 Å². The van der Waals surface area contributed by atoms with Crippen LogP contribution < -0.4 is 5.43 Å². The molecule has 96 valence electrons. The summed E-state index contributed by atoms with van der Waals surface area (Å²) in [4.78, 5) is 26.3. The van der Waals surface area contributed by atoms with Gasteiger partial charge in [0.25, 0.3) is 0 Å². The Morgan fingerprint density at radius 1 is 1.53 bits per heavy atom. The number of nitrogens with zero attached hydrogens (tertiary/aromatic N) is 2. The molecule has 6 nitrogen and oxygen atoms in total. The summed E-state index contributed by atoms with van der Waals surface area (Å²) in [6.45, 7) is 1.88. The lowest BCUT2D eigenvalue weighted by molar-refractivity contribution is 0.193. The van der Waals surface area contributed by atoms with E-state index in [9.17, 15) is 9.59 Å².